The standard InChI is InChI=1S/C35H39NO5/c1-2-33(38-24-29-15-7-3-8-16-29)35(40-26-31-19-11-5-12-20-31)34(39-25-30-17-9-4-10-18-30)23-36(28-37)41-27-32-21-13-6-14-22-32/h3-22,28,33-35H,2,23-27H2,1H3/t33-,34-,35+/m1/s1. The molecule has 0 bridgehead atoms. The Balaban J connectivity index is 1.55. The van der Waals surface area contributed by atoms with E-state index < -0.39 is 12.2 Å². The lowest BCUT2D eigenvalue weighted by atomic mass is 10.0. The molecule has 0 saturated heterocycles. The lowest BCUT2D eigenvalue weighted by molar-refractivity contribution is -0.208. The second-order valence-corrected chi connectivity index (χ2v) is 9.80. The van der Waals surface area contributed by atoms with Crippen molar-refractivity contribution in [1.82, 2.24) is 5.06 Å². The number of ether oxygens (including phenoxy) is 3. The molecule has 0 aromatic heterocycles. The van der Waals surface area contributed by atoms with Crippen molar-refractivity contribution in [3.63, 3.8) is 0 Å². The van der Waals surface area contributed by atoms with Gasteiger partial charge >= 0.3 is 0 Å². The van der Waals surface area contributed by atoms with E-state index in [0.29, 0.717) is 32.7 Å². The van der Waals surface area contributed by atoms with Crippen LogP contribution in [0.4, 0.5) is 0 Å². The molecule has 6 heteroatoms. The lowest BCUT2D eigenvalue weighted by Crippen LogP contribution is -2.48. The fourth-order valence-corrected chi connectivity index (χ4v) is 4.51. The number of nitrogens with zero attached hydrogens (tertiary/aromatic N) is 1. The van der Waals surface area contributed by atoms with Gasteiger partial charge in [0.25, 0.3) is 0 Å². The molecule has 1 amide bonds. The second kappa shape index (κ2) is 17.1. The summed E-state index contributed by atoms with van der Waals surface area (Å²) in [6.45, 7) is 3.70. The first-order valence-electron chi connectivity index (χ1n) is 14.1. The van der Waals surface area contributed by atoms with Crippen LogP contribution in [-0.2, 0) is 50.3 Å². The van der Waals surface area contributed by atoms with Gasteiger partial charge in [-0.25, -0.2) is 5.06 Å². The number of benzene rings is 4. The molecule has 4 aromatic rings. The molecular formula is C35H39NO5. The largest absolute Gasteiger partial charge is 0.371 e. The average molecular weight is 554 g/mol. The van der Waals surface area contributed by atoms with Crippen LogP contribution in [0.1, 0.15) is 35.6 Å². The van der Waals surface area contributed by atoms with Gasteiger partial charge in [0.15, 0.2) is 0 Å². The third-order valence-corrected chi connectivity index (χ3v) is 6.75. The van der Waals surface area contributed by atoms with Gasteiger partial charge < -0.3 is 14.2 Å². The predicted octanol–water partition coefficient (Wildman–Crippen LogP) is 6.74. The summed E-state index contributed by atoms with van der Waals surface area (Å²) >= 11 is 0. The summed E-state index contributed by atoms with van der Waals surface area (Å²) in [5.74, 6) is 0. The van der Waals surface area contributed by atoms with E-state index >= 15 is 0 Å². The average Bonchev–Trinajstić information content (AvgIpc) is 3.04. The monoisotopic (exact) mass is 553 g/mol. The highest BCUT2D eigenvalue weighted by Gasteiger charge is 2.33. The van der Waals surface area contributed by atoms with Crippen LogP contribution in [0.2, 0.25) is 0 Å². The quantitative estimate of drug-likeness (QED) is 0.101. The molecule has 4 aromatic carbocycles. The first-order valence-corrected chi connectivity index (χ1v) is 14.1. The Kier molecular flexibility index (Phi) is 12.6. The zero-order valence-corrected chi connectivity index (χ0v) is 23.6. The molecule has 0 heterocycles. The Labute approximate surface area is 243 Å². The van der Waals surface area contributed by atoms with Crippen LogP contribution in [0.5, 0.6) is 0 Å². The summed E-state index contributed by atoms with van der Waals surface area (Å²) in [6.07, 6.45) is 0.101. The van der Waals surface area contributed by atoms with Gasteiger partial charge in [-0.05, 0) is 28.7 Å². The van der Waals surface area contributed by atoms with Gasteiger partial charge in [0.1, 0.15) is 18.8 Å². The molecule has 0 saturated carbocycles. The minimum absolute atomic E-state index is 0.174. The smallest absolute Gasteiger partial charge is 0.233 e. The number of carbonyl (C=O) groups is 1. The maximum absolute atomic E-state index is 12.2. The molecule has 0 aliphatic carbocycles. The molecule has 0 N–H and O–H groups in total. The van der Waals surface area contributed by atoms with Crippen molar-refractivity contribution in [2.24, 2.45) is 0 Å². The van der Waals surface area contributed by atoms with Crippen molar-refractivity contribution in [2.75, 3.05) is 6.54 Å². The lowest BCUT2D eigenvalue weighted by Gasteiger charge is -2.35. The van der Waals surface area contributed by atoms with Crippen molar-refractivity contribution in [2.45, 2.75) is 58.1 Å². The molecule has 41 heavy (non-hydrogen) atoms. The van der Waals surface area contributed by atoms with Gasteiger partial charge in [0.05, 0.1) is 32.5 Å². The number of hydrogen-bond acceptors (Lipinski definition) is 5. The van der Waals surface area contributed by atoms with Gasteiger partial charge in [-0.2, -0.15) is 0 Å². The predicted molar refractivity (Wildman–Crippen MR) is 159 cm³/mol. The molecular weight excluding hydrogens is 514 g/mol. The second-order valence-electron chi connectivity index (χ2n) is 9.80. The van der Waals surface area contributed by atoms with E-state index in [-0.39, 0.29) is 19.3 Å². The van der Waals surface area contributed by atoms with Gasteiger partial charge in [-0.3, -0.25) is 9.63 Å². The highest BCUT2D eigenvalue weighted by molar-refractivity contribution is 5.45. The SMILES string of the molecule is CC[C@@H](OCc1ccccc1)[C@H](OCc1ccccc1)[C@@H](CN(C=O)OCc1ccccc1)OCc1ccccc1. The van der Waals surface area contributed by atoms with Crippen molar-refractivity contribution in [3.8, 4) is 0 Å². The van der Waals surface area contributed by atoms with Crippen LogP contribution in [0.25, 0.3) is 0 Å². The highest BCUT2D eigenvalue weighted by Crippen LogP contribution is 2.21. The summed E-state index contributed by atoms with van der Waals surface area (Å²) in [5.41, 5.74) is 4.12. The Morgan fingerprint density at radius 1 is 0.561 bits per heavy atom. The van der Waals surface area contributed by atoms with Crippen LogP contribution < -0.4 is 0 Å². The van der Waals surface area contributed by atoms with Gasteiger partial charge in [0, 0.05) is 0 Å². The first kappa shape index (κ1) is 30.2. The van der Waals surface area contributed by atoms with Crippen molar-refractivity contribution < 1.29 is 23.8 Å². The minimum atomic E-state index is -0.527. The zero-order chi connectivity index (χ0) is 28.5. The highest BCUT2D eigenvalue weighted by atomic mass is 16.7. The Morgan fingerprint density at radius 2 is 0.951 bits per heavy atom. The topological polar surface area (TPSA) is 57.2 Å². The molecule has 0 aliphatic rings. The third-order valence-electron chi connectivity index (χ3n) is 6.75. The van der Waals surface area contributed by atoms with E-state index in [1.807, 2.05) is 121 Å². The van der Waals surface area contributed by atoms with Crippen LogP contribution >= 0.6 is 0 Å². The summed E-state index contributed by atoms with van der Waals surface area (Å²) in [5, 5.41) is 1.30. The van der Waals surface area contributed by atoms with Crippen LogP contribution in [0, 0.1) is 0 Å². The van der Waals surface area contributed by atoms with E-state index in [1.165, 1.54) is 5.06 Å². The van der Waals surface area contributed by atoms with E-state index in [2.05, 4.69) is 6.92 Å². The number of hydrogen-bond donors (Lipinski definition) is 0. The summed E-state index contributed by atoms with van der Waals surface area (Å²) < 4.78 is 19.5. The molecule has 3 atom stereocenters. The summed E-state index contributed by atoms with van der Waals surface area (Å²) in [7, 11) is 0. The Bertz CT molecular complexity index is 1240. The number of rotatable bonds is 18. The van der Waals surface area contributed by atoms with Crippen LogP contribution in [0.15, 0.2) is 121 Å². The Morgan fingerprint density at radius 3 is 1.37 bits per heavy atom. The van der Waals surface area contributed by atoms with Crippen LogP contribution in [0.3, 0.4) is 0 Å². The van der Waals surface area contributed by atoms with E-state index in [4.69, 9.17) is 19.0 Å². The fourth-order valence-electron chi connectivity index (χ4n) is 4.51. The maximum Gasteiger partial charge on any atom is 0.233 e. The van der Waals surface area contributed by atoms with E-state index in [0.717, 1.165) is 22.3 Å². The molecule has 0 fully saturated rings. The van der Waals surface area contributed by atoms with Gasteiger partial charge in [-0.1, -0.05) is 128 Å². The molecule has 214 valence electrons. The number of amides is 1. The summed E-state index contributed by atoms with van der Waals surface area (Å²) in [4.78, 5) is 18.1. The molecule has 0 radical (unpaired) electrons. The molecule has 0 spiro atoms. The van der Waals surface area contributed by atoms with Crippen molar-refractivity contribution in [3.05, 3.63) is 144 Å². The molecule has 4 rings (SSSR count). The van der Waals surface area contributed by atoms with E-state index in [9.17, 15) is 4.79 Å². The number of carbonyl (C=O) groups excluding carboxylic acids is 1. The maximum atomic E-state index is 12.2. The minimum Gasteiger partial charge on any atom is -0.371 e. The van der Waals surface area contributed by atoms with Crippen molar-refractivity contribution >= 4 is 6.41 Å². The Hall–Kier alpha value is -3.81. The molecule has 6 nitrogen and oxygen atoms in total. The molecule has 0 aliphatic heterocycles. The summed E-state index contributed by atoms with van der Waals surface area (Å²) in [6, 6.07) is 39.8. The van der Waals surface area contributed by atoms with E-state index in [1.54, 1.807) is 0 Å². The fraction of sp³-hybridized carbons (Fsp3) is 0.286. The van der Waals surface area contributed by atoms with Gasteiger partial charge in [0.2, 0.25) is 6.41 Å². The number of hydroxylamine groups is 2. The first-order chi connectivity index (χ1) is 20.2. The third kappa shape index (κ3) is 10.3. The van der Waals surface area contributed by atoms with Crippen molar-refractivity contribution in [1.29, 1.82) is 0 Å². The normalized spacial score (nSPS) is 13.3. The zero-order valence-electron chi connectivity index (χ0n) is 23.6. The van der Waals surface area contributed by atoms with Crippen LogP contribution in [-0.4, -0.2) is 36.3 Å². The van der Waals surface area contributed by atoms with Gasteiger partial charge in [-0.15, -0.1) is 0 Å². The molecule has 0 unspecified atom stereocenters.